The zero-order valence-electron chi connectivity index (χ0n) is 14.0. The third-order valence-electron chi connectivity index (χ3n) is 4.32. The van der Waals surface area contributed by atoms with Gasteiger partial charge in [0.2, 0.25) is 5.91 Å². The fraction of sp³-hybridized carbons (Fsp3) is 0.263. The number of fused-ring (bicyclic) bond motifs is 1. The molecular formula is C19H18ClNO4. The smallest absolute Gasteiger partial charge is 0.228 e. The van der Waals surface area contributed by atoms with Gasteiger partial charge in [0, 0.05) is 30.0 Å². The number of rotatable bonds is 4. The van der Waals surface area contributed by atoms with Crippen molar-refractivity contribution in [1.29, 1.82) is 0 Å². The lowest BCUT2D eigenvalue weighted by molar-refractivity contribution is -0.119. The largest absolute Gasteiger partial charge is 0.495 e. The number of hydrogen-bond donors (Lipinski definition) is 1. The van der Waals surface area contributed by atoms with Crippen LogP contribution in [0.4, 0.5) is 5.69 Å². The van der Waals surface area contributed by atoms with Crippen LogP contribution in [0, 0.1) is 5.92 Å². The van der Waals surface area contributed by atoms with Crippen molar-refractivity contribution in [2.45, 2.75) is 12.8 Å². The van der Waals surface area contributed by atoms with Gasteiger partial charge >= 0.3 is 0 Å². The maximum Gasteiger partial charge on any atom is 0.228 e. The third-order valence-corrected chi connectivity index (χ3v) is 4.61. The molecule has 1 amide bonds. The minimum Gasteiger partial charge on any atom is -0.495 e. The zero-order chi connectivity index (χ0) is 18.0. The van der Waals surface area contributed by atoms with Gasteiger partial charge in [0.15, 0.2) is 5.78 Å². The van der Waals surface area contributed by atoms with Crippen LogP contribution < -0.4 is 14.8 Å². The Morgan fingerprint density at radius 2 is 1.84 bits per heavy atom. The van der Waals surface area contributed by atoms with E-state index in [4.69, 9.17) is 21.1 Å². The van der Waals surface area contributed by atoms with E-state index in [0.29, 0.717) is 34.2 Å². The lowest BCUT2D eigenvalue weighted by Gasteiger charge is -2.23. The van der Waals surface area contributed by atoms with E-state index >= 15 is 0 Å². The Hall–Kier alpha value is -2.53. The predicted molar refractivity (Wildman–Crippen MR) is 95.8 cm³/mol. The number of carbonyl (C=O) groups is 2. The van der Waals surface area contributed by atoms with Crippen LogP contribution in [0.1, 0.15) is 22.3 Å². The van der Waals surface area contributed by atoms with Crippen LogP contribution in [-0.2, 0) is 11.2 Å². The molecule has 0 radical (unpaired) electrons. The minimum absolute atomic E-state index is 0.0114. The summed E-state index contributed by atoms with van der Waals surface area (Å²) in [5.41, 5.74) is 2.07. The highest BCUT2D eigenvalue weighted by Gasteiger charge is 2.30. The first-order chi connectivity index (χ1) is 12.0. The van der Waals surface area contributed by atoms with Gasteiger partial charge in [-0.15, -0.1) is 0 Å². The molecule has 1 N–H and O–H groups in total. The zero-order valence-corrected chi connectivity index (χ0v) is 14.7. The highest BCUT2D eigenvalue weighted by molar-refractivity contribution is 6.32. The second kappa shape index (κ2) is 7.15. The van der Waals surface area contributed by atoms with Crippen LogP contribution >= 0.6 is 11.6 Å². The van der Waals surface area contributed by atoms with Gasteiger partial charge in [-0.3, -0.25) is 9.59 Å². The van der Waals surface area contributed by atoms with Crippen molar-refractivity contribution in [1.82, 2.24) is 0 Å². The number of anilines is 1. The van der Waals surface area contributed by atoms with E-state index < -0.39 is 5.92 Å². The third kappa shape index (κ3) is 3.46. The number of amides is 1. The SMILES string of the molecule is COc1cc(NC(=O)C2CC(=O)c3ccccc3C2)c(OC)cc1Cl. The summed E-state index contributed by atoms with van der Waals surface area (Å²) in [6.45, 7) is 0. The molecule has 5 nitrogen and oxygen atoms in total. The van der Waals surface area contributed by atoms with E-state index in [-0.39, 0.29) is 18.1 Å². The van der Waals surface area contributed by atoms with Crippen molar-refractivity contribution in [3.63, 3.8) is 0 Å². The van der Waals surface area contributed by atoms with Gasteiger partial charge in [-0.2, -0.15) is 0 Å². The number of nitrogens with one attached hydrogen (secondary N) is 1. The standard InChI is InChI=1S/C19H18ClNO4/c1-24-17-10-15(18(25-2)9-14(17)20)21-19(23)12-7-11-5-3-4-6-13(11)16(22)8-12/h3-6,9-10,12H,7-8H2,1-2H3,(H,21,23). The summed E-state index contributed by atoms with van der Waals surface area (Å²) < 4.78 is 10.5. The number of ketones is 1. The van der Waals surface area contributed by atoms with Crippen molar-refractivity contribution >= 4 is 29.0 Å². The van der Waals surface area contributed by atoms with Gasteiger partial charge in [0.05, 0.1) is 24.9 Å². The summed E-state index contributed by atoms with van der Waals surface area (Å²) in [7, 11) is 2.99. The van der Waals surface area contributed by atoms with Gasteiger partial charge in [-0.1, -0.05) is 35.9 Å². The Labute approximate surface area is 150 Å². The Balaban J connectivity index is 1.83. The molecule has 0 spiro atoms. The fourth-order valence-electron chi connectivity index (χ4n) is 3.02. The van der Waals surface area contributed by atoms with Gasteiger partial charge in [0.25, 0.3) is 0 Å². The van der Waals surface area contributed by atoms with Crippen LogP contribution in [-0.4, -0.2) is 25.9 Å². The molecule has 0 saturated carbocycles. The summed E-state index contributed by atoms with van der Waals surface area (Å²) >= 11 is 6.08. The molecule has 1 unspecified atom stereocenters. The van der Waals surface area contributed by atoms with Crippen LogP contribution in [0.2, 0.25) is 5.02 Å². The van der Waals surface area contributed by atoms with E-state index in [1.165, 1.54) is 14.2 Å². The molecule has 3 rings (SSSR count). The van der Waals surface area contributed by atoms with E-state index in [1.807, 2.05) is 18.2 Å². The van der Waals surface area contributed by atoms with Gasteiger partial charge in [-0.25, -0.2) is 0 Å². The first kappa shape index (κ1) is 17.3. The van der Waals surface area contributed by atoms with Crippen molar-refractivity contribution in [2.75, 3.05) is 19.5 Å². The highest BCUT2D eigenvalue weighted by atomic mass is 35.5. The average Bonchev–Trinajstić information content (AvgIpc) is 2.62. The number of halogens is 1. The Morgan fingerprint density at radius 3 is 2.56 bits per heavy atom. The normalized spacial score (nSPS) is 16.1. The number of ether oxygens (including phenoxy) is 2. The molecule has 2 aromatic rings. The van der Waals surface area contributed by atoms with Crippen LogP contribution in [0.15, 0.2) is 36.4 Å². The fourth-order valence-corrected chi connectivity index (χ4v) is 3.25. The van der Waals surface area contributed by atoms with Gasteiger partial charge in [-0.05, 0) is 12.0 Å². The number of methoxy groups -OCH3 is 2. The second-order valence-electron chi connectivity index (χ2n) is 5.86. The number of benzene rings is 2. The minimum atomic E-state index is -0.422. The van der Waals surface area contributed by atoms with Crippen molar-refractivity contribution in [3.8, 4) is 11.5 Å². The van der Waals surface area contributed by atoms with Crippen molar-refractivity contribution in [3.05, 3.63) is 52.5 Å². The molecule has 2 aromatic carbocycles. The predicted octanol–water partition coefficient (Wildman–Crippen LogP) is 3.74. The monoisotopic (exact) mass is 359 g/mol. The average molecular weight is 360 g/mol. The van der Waals surface area contributed by atoms with Crippen LogP contribution in [0.25, 0.3) is 0 Å². The first-order valence-electron chi connectivity index (χ1n) is 7.87. The lowest BCUT2D eigenvalue weighted by atomic mass is 9.82. The molecule has 6 heteroatoms. The summed E-state index contributed by atoms with van der Waals surface area (Å²) in [4.78, 5) is 25.0. The Bertz CT molecular complexity index is 834. The van der Waals surface area contributed by atoms with Crippen molar-refractivity contribution < 1.29 is 19.1 Å². The molecule has 0 fully saturated rings. The highest BCUT2D eigenvalue weighted by Crippen LogP contribution is 2.36. The summed E-state index contributed by atoms with van der Waals surface area (Å²) in [5.74, 6) is 0.200. The molecule has 25 heavy (non-hydrogen) atoms. The van der Waals surface area contributed by atoms with Gasteiger partial charge in [0.1, 0.15) is 11.5 Å². The summed E-state index contributed by atoms with van der Waals surface area (Å²) in [6.07, 6.45) is 0.719. The van der Waals surface area contributed by atoms with E-state index in [2.05, 4.69) is 5.32 Å². The van der Waals surface area contributed by atoms with Gasteiger partial charge < -0.3 is 14.8 Å². The quantitative estimate of drug-likeness (QED) is 0.903. The maximum atomic E-state index is 12.7. The molecule has 0 aliphatic heterocycles. The topological polar surface area (TPSA) is 64.6 Å². The van der Waals surface area contributed by atoms with Crippen LogP contribution in [0.3, 0.4) is 0 Å². The van der Waals surface area contributed by atoms with E-state index in [0.717, 1.165) is 5.56 Å². The van der Waals surface area contributed by atoms with Crippen molar-refractivity contribution in [2.24, 2.45) is 5.92 Å². The number of Topliss-reactive ketones (excluding diaryl/α,β-unsaturated/α-hetero) is 1. The summed E-state index contributed by atoms with van der Waals surface area (Å²) in [5, 5.41) is 3.22. The molecule has 0 saturated heterocycles. The van der Waals surface area contributed by atoms with E-state index in [9.17, 15) is 9.59 Å². The second-order valence-corrected chi connectivity index (χ2v) is 6.27. The first-order valence-corrected chi connectivity index (χ1v) is 8.24. The molecule has 1 aliphatic rings. The number of carbonyl (C=O) groups excluding carboxylic acids is 2. The molecule has 130 valence electrons. The summed E-state index contributed by atoms with van der Waals surface area (Å²) in [6, 6.07) is 10.6. The molecule has 0 aromatic heterocycles. The Morgan fingerprint density at radius 1 is 1.12 bits per heavy atom. The lowest BCUT2D eigenvalue weighted by Crippen LogP contribution is -2.31. The van der Waals surface area contributed by atoms with E-state index in [1.54, 1.807) is 18.2 Å². The molecule has 1 atom stereocenters. The molecule has 0 bridgehead atoms. The molecular weight excluding hydrogens is 342 g/mol. The Kier molecular flexibility index (Phi) is 4.95. The van der Waals surface area contributed by atoms with Crippen LogP contribution in [0.5, 0.6) is 11.5 Å². The molecule has 0 heterocycles. The molecule has 1 aliphatic carbocycles. The number of hydrogen-bond acceptors (Lipinski definition) is 4. The maximum absolute atomic E-state index is 12.7.